The summed E-state index contributed by atoms with van der Waals surface area (Å²) in [6.45, 7) is 5.38. The molecule has 0 saturated heterocycles. The van der Waals surface area contributed by atoms with E-state index in [-0.39, 0.29) is 16.3 Å². The summed E-state index contributed by atoms with van der Waals surface area (Å²) in [7, 11) is -2.58. The molecule has 0 radical (unpaired) electrons. The van der Waals surface area contributed by atoms with Crippen molar-refractivity contribution in [3.05, 3.63) is 77.1 Å². The van der Waals surface area contributed by atoms with E-state index in [1.807, 2.05) is 6.92 Å². The number of ether oxygens (including phenoxy) is 1. The number of hydrogen-bond acceptors (Lipinski definition) is 4. The molecule has 0 heterocycles. The van der Waals surface area contributed by atoms with Crippen molar-refractivity contribution in [1.82, 2.24) is 4.31 Å². The molecule has 2 aromatic rings. The number of rotatable bonds is 5. The Morgan fingerprint density at radius 1 is 1.08 bits per heavy atom. The van der Waals surface area contributed by atoms with Gasteiger partial charge in [-0.25, -0.2) is 17.5 Å². The maximum atomic E-state index is 12.5. The smallest absolute Gasteiger partial charge is 0.344 e. The van der Waals surface area contributed by atoms with Crippen LogP contribution in [0.25, 0.3) is 0 Å². The van der Waals surface area contributed by atoms with Gasteiger partial charge in [-0.3, -0.25) is 0 Å². The van der Waals surface area contributed by atoms with E-state index >= 15 is 0 Å². The fraction of sp³-hybridized carbons (Fsp3) is 0.118. The molecular formula is C17H16ClNO4S. The highest BCUT2D eigenvalue weighted by molar-refractivity contribution is 7.89. The first kappa shape index (κ1) is 18.0. The third-order valence-electron chi connectivity index (χ3n) is 3.32. The van der Waals surface area contributed by atoms with E-state index in [4.69, 9.17) is 16.3 Å². The maximum Gasteiger partial charge on any atom is 0.344 e. The van der Waals surface area contributed by atoms with Crippen LogP contribution in [-0.2, 0) is 14.8 Å². The summed E-state index contributed by atoms with van der Waals surface area (Å²) in [5, 5.41) is 0.476. The summed E-state index contributed by atoms with van der Waals surface area (Å²) in [6, 6.07) is 12.4. The molecule has 0 aliphatic heterocycles. The zero-order chi connectivity index (χ0) is 17.9. The minimum absolute atomic E-state index is 0.0827. The molecule has 0 unspecified atom stereocenters. The van der Waals surface area contributed by atoms with Crippen molar-refractivity contribution >= 4 is 27.6 Å². The van der Waals surface area contributed by atoms with Gasteiger partial charge in [0.15, 0.2) is 0 Å². The Hall–Kier alpha value is -2.31. The standard InChI is InChI=1S/C17H16ClNO4S/c1-12-4-10-16(11-5-12)24(21,22)19(3)13(2)23-17(20)14-6-8-15(18)9-7-14/h4-11H,2H2,1,3H3. The number of esters is 1. The molecule has 2 rings (SSSR count). The predicted octanol–water partition coefficient (Wildman–Crippen LogP) is 3.60. The predicted molar refractivity (Wildman–Crippen MR) is 92.1 cm³/mol. The van der Waals surface area contributed by atoms with E-state index in [2.05, 4.69) is 6.58 Å². The van der Waals surface area contributed by atoms with Crippen LogP contribution in [0, 0.1) is 6.92 Å². The lowest BCUT2D eigenvalue weighted by atomic mass is 10.2. The average molecular weight is 366 g/mol. The lowest BCUT2D eigenvalue weighted by Crippen LogP contribution is -2.28. The van der Waals surface area contributed by atoms with Crippen molar-refractivity contribution < 1.29 is 17.9 Å². The number of halogens is 1. The molecule has 0 atom stereocenters. The molecule has 0 N–H and O–H groups in total. The van der Waals surface area contributed by atoms with Gasteiger partial charge in [-0.1, -0.05) is 29.3 Å². The molecule has 5 nitrogen and oxygen atoms in total. The van der Waals surface area contributed by atoms with Crippen LogP contribution in [0.15, 0.2) is 65.9 Å². The van der Waals surface area contributed by atoms with E-state index in [1.165, 1.54) is 43.4 Å². The highest BCUT2D eigenvalue weighted by atomic mass is 35.5. The second-order valence-electron chi connectivity index (χ2n) is 5.08. The molecule has 126 valence electrons. The van der Waals surface area contributed by atoms with E-state index in [1.54, 1.807) is 12.1 Å². The van der Waals surface area contributed by atoms with Gasteiger partial charge in [-0.05, 0) is 49.9 Å². The van der Waals surface area contributed by atoms with Gasteiger partial charge in [-0.2, -0.15) is 0 Å². The zero-order valence-corrected chi connectivity index (χ0v) is 14.8. The van der Waals surface area contributed by atoms with Gasteiger partial charge in [-0.15, -0.1) is 0 Å². The van der Waals surface area contributed by atoms with Gasteiger partial charge >= 0.3 is 5.97 Å². The molecule has 0 amide bonds. The Kier molecular flexibility index (Phi) is 5.31. The van der Waals surface area contributed by atoms with Crippen molar-refractivity contribution in [3.63, 3.8) is 0 Å². The third kappa shape index (κ3) is 3.96. The molecule has 0 spiro atoms. The molecular weight excluding hydrogens is 350 g/mol. The van der Waals surface area contributed by atoms with E-state index in [0.29, 0.717) is 5.02 Å². The van der Waals surface area contributed by atoms with Crippen LogP contribution in [0.1, 0.15) is 15.9 Å². The first-order valence-electron chi connectivity index (χ1n) is 6.94. The van der Waals surface area contributed by atoms with Gasteiger partial charge in [0, 0.05) is 12.1 Å². The minimum Gasteiger partial charge on any atom is -0.406 e. The normalized spacial score (nSPS) is 11.0. The number of hydrogen-bond donors (Lipinski definition) is 0. The second kappa shape index (κ2) is 7.07. The largest absolute Gasteiger partial charge is 0.406 e. The highest BCUT2D eigenvalue weighted by Crippen LogP contribution is 2.20. The van der Waals surface area contributed by atoms with Gasteiger partial charge in [0.05, 0.1) is 10.5 Å². The van der Waals surface area contributed by atoms with Crippen molar-refractivity contribution in [1.29, 1.82) is 0 Å². The SMILES string of the molecule is C=C(OC(=O)c1ccc(Cl)cc1)N(C)S(=O)(=O)c1ccc(C)cc1. The maximum absolute atomic E-state index is 12.5. The van der Waals surface area contributed by atoms with Gasteiger partial charge < -0.3 is 4.74 Å². The molecule has 0 aromatic heterocycles. The molecule has 0 saturated carbocycles. The topological polar surface area (TPSA) is 63.7 Å². The molecule has 2 aromatic carbocycles. The average Bonchev–Trinajstić information content (AvgIpc) is 2.55. The zero-order valence-electron chi connectivity index (χ0n) is 13.2. The molecule has 0 bridgehead atoms. The lowest BCUT2D eigenvalue weighted by molar-refractivity contribution is 0.0571. The van der Waals surface area contributed by atoms with Crippen molar-refractivity contribution in [3.8, 4) is 0 Å². The Morgan fingerprint density at radius 3 is 2.17 bits per heavy atom. The van der Waals surface area contributed by atoms with Gasteiger partial charge in [0.2, 0.25) is 5.88 Å². The summed E-state index contributed by atoms with van der Waals surface area (Å²) in [5.41, 5.74) is 1.17. The summed E-state index contributed by atoms with van der Waals surface area (Å²) in [5.74, 6) is -1.02. The Morgan fingerprint density at radius 2 is 1.62 bits per heavy atom. The molecule has 0 fully saturated rings. The van der Waals surface area contributed by atoms with E-state index < -0.39 is 16.0 Å². The van der Waals surface area contributed by atoms with Crippen molar-refractivity contribution in [2.75, 3.05) is 7.05 Å². The molecule has 7 heteroatoms. The number of benzene rings is 2. The number of carbonyl (C=O) groups is 1. The summed E-state index contributed by atoms with van der Waals surface area (Å²) in [6.07, 6.45) is 0. The molecule has 0 aliphatic carbocycles. The lowest BCUT2D eigenvalue weighted by Gasteiger charge is -2.20. The molecule has 0 aliphatic rings. The van der Waals surface area contributed by atoms with E-state index in [9.17, 15) is 13.2 Å². The van der Waals surface area contributed by atoms with Crippen LogP contribution in [-0.4, -0.2) is 25.7 Å². The summed E-state index contributed by atoms with van der Waals surface area (Å²) < 4.78 is 30.9. The van der Waals surface area contributed by atoms with Crippen molar-refractivity contribution in [2.45, 2.75) is 11.8 Å². The van der Waals surface area contributed by atoms with Gasteiger partial charge in [0.1, 0.15) is 0 Å². The highest BCUT2D eigenvalue weighted by Gasteiger charge is 2.24. The van der Waals surface area contributed by atoms with Crippen molar-refractivity contribution in [2.24, 2.45) is 0 Å². The Labute approximate surface area is 146 Å². The van der Waals surface area contributed by atoms with Crippen LogP contribution in [0.2, 0.25) is 5.02 Å². The van der Waals surface area contributed by atoms with Crippen LogP contribution in [0.5, 0.6) is 0 Å². The monoisotopic (exact) mass is 365 g/mol. The fourth-order valence-corrected chi connectivity index (χ4v) is 3.05. The van der Waals surface area contributed by atoms with Crippen LogP contribution >= 0.6 is 11.6 Å². The van der Waals surface area contributed by atoms with Crippen LogP contribution in [0.3, 0.4) is 0 Å². The van der Waals surface area contributed by atoms with Crippen LogP contribution in [0.4, 0.5) is 0 Å². The second-order valence-corrected chi connectivity index (χ2v) is 7.48. The summed E-state index contributed by atoms with van der Waals surface area (Å²) in [4.78, 5) is 12.1. The fourth-order valence-electron chi connectivity index (χ4n) is 1.82. The van der Waals surface area contributed by atoms with Gasteiger partial charge in [0.25, 0.3) is 10.0 Å². The quantitative estimate of drug-likeness (QED) is 0.600. The first-order valence-corrected chi connectivity index (χ1v) is 8.76. The third-order valence-corrected chi connectivity index (χ3v) is 5.37. The first-order chi connectivity index (χ1) is 11.2. The number of sulfonamides is 1. The number of aryl methyl sites for hydroxylation is 1. The number of carbonyl (C=O) groups excluding carboxylic acids is 1. The Bertz CT molecular complexity index is 858. The minimum atomic E-state index is -3.85. The van der Waals surface area contributed by atoms with Crippen LogP contribution < -0.4 is 0 Å². The summed E-state index contributed by atoms with van der Waals surface area (Å²) >= 11 is 5.75. The van der Waals surface area contributed by atoms with E-state index in [0.717, 1.165) is 9.87 Å². The Balaban J connectivity index is 2.15. The molecule has 24 heavy (non-hydrogen) atoms. The number of nitrogens with zero attached hydrogens (tertiary/aromatic N) is 1.